The Kier molecular flexibility index (Phi) is 6.12. The first kappa shape index (κ1) is 26.0. The molecule has 2 aliphatic heterocycles. The number of carbonyl (C=O) groups is 5. The Bertz CT molecular complexity index is 1300. The van der Waals surface area contributed by atoms with Crippen molar-refractivity contribution in [1.82, 2.24) is 9.80 Å². The quantitative estimate of drug-likeness (QED) is 0.238. The van der Waals surface area contributed by atoms with Crippen molar-refractivity contribution in [2.24, 2.45) is 17.8 Å². The van der Waals surface area contributed by atoms with Crippen LogP contribution >= 0.6 is 39.1 Å². The van der Waals surface area contributed by atoms with Gasteiger partial charge in [-0.3, -0.25) is 24.1 Å². The molecule has 5 rings (SSSR count). The molecule has 2 aliphatic carbocycles. The number of carbonyl (C=O) groups excluding carboxylic acids is 5. The molecule has 0 spiro atoms. The maximum Gasteiger partial charge on any atom is 0.423 e. The fourth-order valence-electron chi connectivity index (χ4n) is 6.27. The van der Waals surface area contributed by atoms with Crippen molar-refractivity contribution >= 4 is 68.9 Å². The van der Waals surface area contributed by atoms with Crippen LogP contribution in [0.2, 0.25) is 0 Å². The van der Waals surface area contributed by atoms with Crippen molar-refractivity contribution in [2.45, 2.75) is 28.5 Å². The lowest BCUT2D eigenvalue weighted by Gasteiger charge is -2.50. The van der Waals surface area contributed by atoms with Gasteiger partial charge in [-0.15, -0.1) is 23.2 Å². The fraction of sp³-hybridized carbons (Fsp3) is 0.458. The van der Waals surface area contributed by atoms with E-state index in [2.05, 4.69) is 20.7 Å². The number of imide groups is 4. The summed E-state index contributed by atoms with van der Waals surface area (Å²) in [6.07, 6.45) is 0.536. The van der Waals surface area contributed by atoms with Crippen molar-refractivity contribution in [3.63, 3.8) is 0 Å². The molecule has 0 radical (unpaired) electrons. The van der Waals surface area contributed by atoms with Crippen LogP contribution in [0.4, 0.5) is 4.79 Å². The minimum Gasteiger partial charge on any atom is -0.504 e. The molecule has 2 saturated heterocycles. The number of aromatic hydroxyl groups is 1. The van der Waals surface area contributed by atoms with Crippen LogP contribution in [0, 0.1) is 17.8 Å². The lowest BCUT2D eigenvalue weighted by atomic mass is 9.56. The first-order valence-electron chi connectivity index (χ1n) is 11.3. The van der Waals surface area contributed by atoms with E-state index in [-0.39, 0.29) is 29.8 Å². The number of ether oxygens (including phenoxy) is 2. The highest BCUT2D eigenvalue weighted by Gasteiger charge is 2.76. The summed E-state index contributed by atoms with van der Waals surface area (Å²) in [5.41, 5.74) is 0.816. The maximum atomic E-state index is 13.7. The van der Waals surface area contributed by atoms with Gasteiger partial charge < -0.3 is 14.6 Å². The zero-order valence-electron chi connectivity index (χ0n) is 19.6. The first-order valence-corrected chi connectivity index (χ1v) is 13.2. The Hall–Kier alpha value is -2.63. The monoisotopic (exact) mass is 614 g/mol. The minimum atomic E-state index is -1.98. The van der Waals surface area contributed by atoms with Gasteiger partial charge >= 0.3 is 6.09 Å². The summed E-state index contributed by atoms with van der Waals surface area (Å²) in [5, 5.41) is 10.2. The van der Waals surface area contributed by atoms with E-state index in [1.807, 2.05) is 0 Å². The molecule has 1 aromatic carbocycles. The predicted octanol–water partition coefficient (Wildman–Crippen LogP) is 2.88. The van der Waals surface area contributed by atoms with Crippen LogP contribution in [-0.4, -0.2) is 74.1 Å². The Morgan fingerprint density at radius 1 is 1.14 bits per heavy atom. The van der Waals surface area contributed by atoms with Crippen LogP contribution in [0.5, 0.6) is 11.5 Å². The van der Waals surface area contributed by atoms with E-state index < -0.39 is 63.1 Å². The average molecular weight is 616 g/mol. The molecule has 0 aromatic heterocycles. The molecule has 1 saturated carbocycles. The van der Waals surface area contributed by atoms with Gasteiger partial charge in [0.05, 0.1) is 31.5 Å². The highest BCUT2D eigenvalue weighted by atomic mass is 79.9. The number of fused-ring (bicyclic) bond motifs is 4. The number of methoxy groups -OCH3 is 2. The van der Waals surface area contributed by atoms with Gasteiger partial charge in [-0.05, 0) is 36.5 Å². The van der Waals surface area contributed by atoms with E-state index in [0.717, 1.165) is 12.0 Å². The summed E-state index contributed by atoms with van der Waals surface area (Å²) in [7, 11) is 2.42. The van der Waals surface area contributed by atoms with E-state index in [1.54, 1.807) is 6.08 Å². The second-order valence-electron chi connectivity index (χ2n) is 9.40. The molecular formula is C24H21BrCl2N2O8. The molecule has 37 heavy (non-hydrogen) atoms. The van der Waals surface area contributed by atoms with Crippen molar-refractivity contribution in [1.29, 1.82) is 0 Å². The molecule has 13 heteroatoms. The van der Waals surface area contributed by atoms with Gasteiger partial charge in [0.25, 0.3) is 11.8 Å². The number of phenols is 1. The molecule has 0 unspecified atom stereocenters. The summed E-state index contributed by atoms with van der Waals surface area (Å²) < 4.78 is 9.90. The van der Waals surface area contributed by atoms with Crippen LogP contribution in [-0.2, 0) is 23.9 Å². The molecule has 4 aliphatic rings. The smallest absolute Gasteiger partial charge is 0.423 e. The Labute approximate surface area is 229 Å². The lowest BCUT2D eigenvalue weighted by Crippen LogP contribution is -2.60. The van der Waals surface area contributed by atoms with E-state index in [9.17, 15) is 29.1 Å². The average Bonchev–Trinajstić information content (AvgIpc) is 3.22. The molecule has 3 fully saturated rings. The van der Waals surface area contributed by atoms with Gasteiger partial charge in [0.2, 0.25) is 11.8 Å². The van der Waals surface area contributed by atoms with E-state index >= 15 is 0 Å². The van der Waals surface area contributed by atoms with Crippen molar-refractivity contribution in [3.8, 4) is 11.5 Å². The lowest BCUT2D eigenvalue weighted by molar-refractivity contribution is -0.140. The number of phenolic OH excluding ortho intramolecular Hbond substituents is 1. The summed E-state index contributed by atoms with van der Waals surface area (Å²) in [5.74, 6) is -6.62. The standard InChI is InChI=1S/C24H21BrCl2N2O8/c1-36-15-7-10(3-6-14(15)30)17-11-4-5-12-16(19(32)29(18(12)31)22(35)37-2)13(11)8-23(26)20(33)28(9-25)21(34)24(17,23)27/h3-4,6-7,12-13,16-17,30H,5,8-9H2,1-2H3/t12-,13+,16-,17-,23+,24-/m0/s1. The van der Waals surface area contributed by atoms with Crippen LogP contribution < -0.4 is 4.74 Å². The normalized spacial score (nSPS) is 34.7. The molecule has 10 nitrogen and oxygen atoms in total. The van der Waals surface area contributed by atoms with Crippen LogP contribution in [0.15, 0.2) is 29.8 Å². The Morgan fingerprint density at radius 3 is 2.46 bits per heavy atom. The third-order valence-corrected chi connectivity index (χ3v) is 9.82. The Morgan fingerprint density at radius 2 is 1.84 bits per heavy atom. The zero-order valence-corrected chi connectivity index (χ0v) is 22.7. The maximum absolute atomic E-state index is 13.7. The number of amides is 5. The number of rotatable bonds is 3. The third kappa shape index (κ3) is 3.20. The van der Waals surface area contributed by atoms with Gasteiger partial charge in [0.1, 0.15) is 0 Å². The first-order chi connectivity index (χ1) is 17.5. The summed E-state index contributed by atoms with van der Waals surface area (Å²) >= 11 is 17.3. The largest absolute Gasteiger partial charge is 0.504 e. The van der Waals surface area contributed by atoms with Gasteiger partial charge in [-0.25, -0.2) is 4.79 Å². The summed E-state index contributed by atoms with van der Waals surface area (Å²) in [6, 6.07) is 4.40. The number of allylic oxidation sites excluding steroid dienone is 2. The van der Waals surface area contributed by atoms with Gasteiger partial charge in [-0.1, -0.05) is 33.6 Å². The second-order valence-corrected chi connectivity index (χ2v) is 11.1. The molecule has 1 aromatic rings. The summed E-state index contributed by atoms with van der Waals surface area (Å²) in [6.45, 7) is 0. The molecule has 0 bridgehead atoms. The van der Waals surface area contributed by atoms with Crippen molar-refractivity contribution in [3.05, 3.63) is 35.4 Å². The highest BCUT2D eigenvalue weighted by molar-refractivity contribution is 9.09. The van der Waals surface area contributed by atoms with Crippen LogP contribution in [0.1, 0.15) is 24.3 Å². The van der Waals surface area contributed by atoms with E-state index in [4.69, 9.17) is 27.9 Å². The number of hydrogen-bond donors (Lipinski definition) is 1. The van der Waals surface area contributed by atoms with Gasteiger partial charge in [-0.2, -0.15) is 4.90 Å². The third-order valence-electron chi connectivity index (χ3n) is 7.91. The van der Waals surface area contributed by atoms with Crippen molar-refractivity contribution < 1.29 is 38.6 Å². The highest BCUT2D eigenvalue weighted by Crippen LogP contribution is 2.65. The topological polar surface area (TPSA) is 131 Å². The molecule has 196 valence electrons. The molecule has 2 heterocycles. The van der Waals surface area contributed by atoms with Crippen LogP contribution in [0.25, 0.3) is 0 Å². The number of hydrogen-bond acceptors (Lipinski definition) is 8. The molecule has 6 atom stereocenters. The van der Waals surface area contributed by atoms with Crippen molar-refractivity contribution in [2.75, 3.05) is 19.7 Å². The molecular weight excluding hydrogens is 595 g/mol. The summed E-state index contributed by atoms with van der Waals surface area (Å²) in [4.78, 5) is 63.3. The van der Waals surface area contributed by atoms with Crippen LogP contribution in [0.3, 0.4) is 0 Å². The van der Waals surface area contributed by atoms with Gasteiger partial charge in [0.15, 0.2) is 21.2 Å². The zero-order chi connectivity index (χ0) is 27.0. The number of nitrogens with zero attached hydrogens (tertiary/aromatic N) is 2. The minimum absolute atomic E-state index is 0.104. The fourth-order valence-corrected chi connectivity index (χ4v) is 7.70. The number of benzene rings is 1. The number of likely N-dealkylation sites (tertiary alicyclic amines) is 2. The van der Waals surface area contributed by atoms with Gasteiger partial charge in [0, 0.05) is 5.92 Å². The number of halogens is 3. The van der Waals surface area contributed by atoms with E-state index in [0.29, 0.717) is 16.0 Å². The molecule has 5 amide bonds. The Balaban J connectivity index is 1.73. The second kappa shape index (κ2) is 8.71. The van der Waals surface area contributed by atoms with E-state index in [1.165, 1.54) is 25.3 Å². The molecule has 1 N–H and O–H groups in total. The predicted molar refractivity (Wildman–Crippen MR) is 132 cm³/mol. The number of alkyl halides is 3. The SMILES string of the molecule is COC(=O)N1C(=O)[C@H]2[C@H](CC=C3[C@H]2C[C@@]2(Cl)C(=O)N(CBr)C(=O)[C@@]2(Cl)[C@H]3c2ccc(O)c(OC)c2)C1=O.